The standard InChI is InChI=1S/C32H32ClF2N5O3S/c33-23-11-9-21(10-12-23)30(22-5-4-6-24(34)17-22)31(36)32(41)39-29-20-38-19-28(35)27(29)14-13-25-18-37-15-16-40(25)44(42,43)26-7-2-1-3-8-26/h1-12,17,19-20,25,30-31,37H,13-16,18,36H2,(H,39,41)/t25-,30?,31?/m0/s1. The van der Waals surface area contributed by atoms with Crippen LogP contribution in [0.15, 0.2) is 96.2 Å². The molecule has 1 aromatic heterocycles. The van der Waals surface area contributed by atoms with Crippen molar-refractivity contribution in [2.75, 3.05) is 25.0 Å². The minimum absolute atomic E-state index is 0.122. The summed E-state index contributed by atoms with van der Waals surface area (Å²) in [5.74, 6) is -2.49. The average molecular weight is 640 g/mol. The highest BCUT2D eigenvalue weighted by molar-refractivity contribution is 7.89. The molecule has 230 valence electrons. The summed E-state index contributed by atoms with van der Waals surface area (Å²) >= 11 is 6.07. The SMILES string of the molecule is NC(C(=O)Nc1cncc(F)c1CC[C@H]1CNCCN1S(=O)(=O)c1ccccc1)C(c1ccc(Cl)cc1)c1cccc(F)c1. The summed E-state index contributed by atoms with van der Waals surface area (Å²) in [6, 6.07) is 19.1. The Labute approximate surface area is 260 Å². The number of nitrogens with zero attached hydrogens (tertiary/aromatic N) is 2. The van der Waals surface area contributed by atoms with Crippen LogP contribution in [0.2, 0.25) is 5.02 Å². The maximum absolute atomic E-state index is 15.2. The van der Waals surface area contributed by atoms with Crippen molar-refractivity contribution in [1.29, 1.82) is 0 Å². The zero-order chi connectivity index (χ0) is 31.3. The Morgan fingerprint density at radius 1 is 1.05 bits per heavy atom. The summed E-state index contributed by atoms with van der Waals surface area (Å²) < 4.78 is 57.6. The van der Waals surface area contributed by atoms with Crippen LogP contribution in [-0.2, 0) is 21.2 Å². The fraction of sp³-hybridized carbons (Fsp3) is 0.250. The second-order valence-electron chi connectivity index (χ2n) is 10.6. The monoisotopic (exact) mass is 639 g/mol. The number of sulfonamides is 1. The molecule has 0 aliphatic carbocycles. The summed E-state index contributed by atoms with van der Waals surface area (Å²) in [5.41, 5.74) is 7.93. The van der Waals surface area contributed by atoms with E-state index < -0.39 is 45.6 Å². The van der Waals surface area contributed by atoms with Crippen LogP contribution in [0.5, 0.6) is 0 Å². The van der Waals surface area contributed by atoms with Crippen LogP contribution in [0.4, 0.5) is 14.5 Å². The quantitative estimate of drug-likeness (QED) is 0.232. The van der Waals surface area contributed by atoms with Crippen molar-refractivity contribution in [2.24, 2.45) is 5.73 Å². The van der Waals surface area contributed by atoms with Gasteiger partial charge in [-0.3, -0.25) is 9.78 Å². The Hall–Kier alpha value is -3.74. The molecule has 1 aliphatic rings. The summed E-state index contributed by atoms with van der Waals surface area (Å²) in [6.45, 7) is 1.15. The van der Waals surface area contributed by atoms with Gasteiger partial charge in [0.1, 0.15) is 11.6 Å². The number of benzene rings is 3. The van der Waals surface area contributed by atoms with Crippen molar-refractivity contribution in [2.45, 2.75) is 35.7 Å². The van der Waals surface area contributed by atoms with E-state index in [9.17, 15) is 17.6 Å². The average Bonchev–Trinajstić information content (AvgIpc) is 3.02. The molecule has 1 saturated heterocycles. The Kier molecular flexibility index (Phi) is 10.0. The molecule has 1 amide bonds. The van der Waals surface area contributed by atoms with E-state index in [1.54, 1.807) is 60.7 Å². The van der Waals surface area contributed by atoms with Gasteiger partial charge in [-0.2, -0.15) is 4.31 Å². The van der Waals surface area contributed by atoms with Crippen molar-refractivity contribution in [3.63, 3.8) is 0 Å². The summed E-state index contributed by atoms with van der Waals surface area (Å²) in [6.07, 6.45) is 2.79. The normalized spacial score (nSPS) is 17.1. The number of piperazine rings is 1. The lowest BCUT2D eigenvalue weighted by atomic mass is 9.85. The van der Waals surface area contributed by atoms with Crippen LogP contribution in [0.1, 0.15) is 29.0 Å². The van der Waals surface area contributed by atoms with E-state index in [0.29, 0.717) is 29.2 Å². The number of carbonyl (C=O) groups is 1. The number of pyridine rings is 1. The summed E-state index contributed by atoms with van der Waals surface area (Å²) in [4.78, 5) is 17.7. The number of rotatable bonds is 10. The molecular weight excluding hydrogens is 608 g/mol. The predicted octanol–water partition coefficient (Wildman–Crippen LogP) is 4.71. The Balaban J connectivity index is 1.37. The second kappa shape index (κ2) is 13.9. The van der Waals surface area contributed by atoms with E-state index in [2.05, 4.69) is 15.6 Å². The Morgan fingerprint density at radius 3 is 2.52 bits per heavy atom. The maximum atomic E-state index is 15.2. The summed E-state index contributed by atoms with van der Waals surface area (Å²) in [5, 5.41) is 6.43. The molecule has 3 atom stereocenters. The lowest BCUT2D eigenvalue weighted by molar-refractivity contribution is -0.117. The van der Waals surface area contributed by atoms with Crippen molar-refractivity contribution < 1.29 is 22.0 Å². The lowest BCUT2D eigenvalue weighted by Crippen LogP contribution is -2.53. The first-order valence-corrected chi connectivity index (χ1v) is 15.9. The maximum Gasteiger partial charge on any atom is 0.243 e. The van der Waals surface area contributed by atoms with E-state index in [0.717, 1.165) is 6.20 Å². The van der Waals surface area contributed by atoms with Crippen LogP contribution in [0.3, 0.4) is 0 Å². The number of hydrogen-bond donors (Lipinski definition) is 3. The van der Waals surface area contributed by atoms with Crippen LogP contribution < -0.4 is 16.4 Å². The largest absolute Gasteiger partial charge is 0.323 e. The van der Waals surface area contributed by atoms with Gasteiger partial charge in [-0.1, -0.05) is 54.1 Å². The molecule has 5 rings (SSSR count). The zero-order valence-corrected chi connectivity index (χ0v) is 25.2. The topological polar surface area (TPSA) is 117 Å². The number of aromatic nitrogens is 1. The molecule has 1 fully saturated rings. The number of amides is 1. The van der Waals surface area contributed by atoms with Crippen LogP contribution in [0, 0.1) is 11.6 Å². The molecular formula is C32H32ClF2N5O3S. The van der Waals surface area contributed by atoms with Gasteiger partial charge < -0.3 is 16.4 Å². The van der Waals surface area contributed by atoms with Crippen molar-refractivity contribution in [3.05, 3.63) is 125 Å². The van der Waals surface area contributed by atoms with Gasteiger partial charge in [-0.15, -0.1) is 0 Å². The third-order valence-corrected chi connectivity index (χ3v) is 9.95. The van der Waals surface area contributed by atoms with Gasteiger partial charge in [0.25, 0.3) is 0 Å². The lowest BCUT2D eigenvalue weighted by Gasteiger charge is -2.35. The van der Waals surface area contributed by atoms with Crippen LogP contribution in [-0.4, -0.2) is 55.3 Å². The highest BCUT2D eigenvalue weighted by atomic mass is 35.5. The van der Waals surface area contributed by atoms with Gasteiger partial charge in [0.2, 0.25) is 15.9 Å². The van der Waals surface area contributed by atoms with E-state index in [-0.39, 0.29) is 35.5 Å². The predicted molar refractivity (Wildman–Crippen MR) is 166 cm³/mol. The number of nitrogens with one attached hydrogen (secondary N) is 2. The molecule has 0 radical (unpaired) electrons. The molecule has 2 unspecified atom stereocenters. The fourth-order valence-corrected chi connectivity index (χ4v) is 7.31. The molecule has 4 aromatic rings. The van der Waals surface area contributed by atoms with Gasteiger partial charge in [0.05, 0.1) is 29.0 Å². The van der Waals surface area contributed by atoms with Gasteiger partial charge in [0.15, 0.2) is 0 Å². The highest BCUT2D eigenvalue weighted by Gasteiger charge is 2.34. The van der Waals surface area contributed by atoms with E-state index in [1.165, 1.54) is 28.7 Å². The zero-order valence-electron chi connectivity index (χ0n) is 23.7. The van der Waals surface area contributed by atoms with Gasteiger partial charge in [-0.05, 0) is 60.4 Å². The molecule has 3 aromatic carbocycles. The molecule has 0 spiro atoms. The van der Waals surface area contributed by atoms with E-state index >= 15 is 4.39 Å². The summed E-state index contributed by atoms with van der Waals surface area (Å²) in [7, 11) is -3.77. The molecule has 4 N–H and O–H groups in total. The van der Waals surface area contributed by atoms with Crippen molar-refractivity contribution in [3.8, 4) is 0 Å². The van der Waals surface area contributed by atoms with E-state index in [4.69, 9.17) is 17.3 Å². The number of carbonyl (C=O) groups excluding carboxylic acids is 1. The minimum Gasteiger partial charge on any atom is -0.323 e. The third kappa shape index (κ3) is 7.14. The van der Waals surface area contributed by atoms with Crippen molar-refractivity contribution >= 4 is 33.2 Å². The number of anilines is 1. The first-order chi connectivity index (χ1) is 21.1. The van der Waals surface area contributed by atoms with Crippen molar-refractivity contribution in [1.82, 2.24) is 14.6 Å². The molecule has 2 heterocycles. The third-order valence-electron chi connectivity index (χ3n) is 7.74. The molecule has 44 heavy (non-hydrogen) atoms. The number of halogens is 3. The Morgan fingerprint density at radius 2 is 1.80 bits per heavy atom. The number of hydrogen-bond acceptors (Lipinski definition) is 6. The smallest absolute Gasteiger partial charge is 0.243 e. The fourth-order valence-electron chi connectivity index (χ4n) is 5.51. The highest BCUT2D eigenvalue weighted by Crippen LogP contribution is 2.31. The molecule has 0 bridgehead atoms. The van der Waals surface area contributed by atoms with E-state index in [1.807, 2.05) is 0 Å². The second-order valence-corrected chi connectivity index (χ2v) is 12.9. The molecule has 1 aliphatic heterocycles. The van der Waals surface area contributed by atoms with Gasteiger partial charge in [-0.25, -0.2) is 17.2 Å². The van der Waals surface area contributed by atoms with Crippen LogP contribution >= 0.6 is 11.6 Å². The van der Waals surface area contributed by atoms with Gasteiger partial charge in [0, 0.05) is 42.2 Å². The first-order valence-electron chi connectivity index (χ1n) is 14.1. The molecule has 8 nitrogen and oxygen atoms in total. The molecule has 0 saturated carbocycles. The first kappa shape index (κ1) is 31.7. The van der Waals surface area contributed by atoms with Crippen LogP contribution in [0.25, 0.3) is 0 Å². The Bertz CT molecular complexity index is 1710. The number of nitrogens with two attached hydrogens (primary N) is 1. The molecule has 12 heteroatoms. The minimum atomic E-state index is -3.77. The van der Waals surface area contributed by atoms with Gasteiger partial charge >= 0.3 is 0 Å².